The number of rotatable bonds is 2. The molecule has 2 nitrogen and oxygen atoms in total. The molecule has 78 valence electrons. The van der Waals surface area contributed by atoms with Gasteiger partial charge in [0, 0.05) is 17.1 Å². The van der Waals surface area contributed by atoms with Gasteiger partial charge in [-0.1, -0.05) is 25.1 Å². The number of fused-ring (bicyclic) bond motifs is 1. The van der Waals surface area contributed by atoms with Gasteiger partial charge in [0.2, 0.25) is 0 Å². The smallest absolute Gasteiger partial charge is 0.0705 e. The predicted octanol–water partition coefficient (Wildman–Crippen LogP) is 2.82. The number of benzene rings is 1. The maximum absolute atomic E-state index is 6.20. The lowest BCUT2D eigenvalue weighted by atomic mass is 9.90. The Kier molecular flexibility index (Phi) is 2.45. The van der Waals surface area contributed by atoms with Gasteiger partial charge in [-0.2, -0.15) is 0 Å². The van der Waals surface area contributed by atoms with E-state index in [0.717, 1.165) is 22.9 Å². The summed E-state index contributed by atoms with van der Waals surface area (Å²) in [6.45, 7) is 4.15. The average Bonchev–Trinajstić information content (AvgIpc) is 2.28. The molecule has 2 rings (SSSR count). The first-order valence-corrected chi connectivity index (χ1v) is 5.27. The van der Waals surface area contributed by atoms with Crippen molar-refractivity contribution >= 4 is 10.9 Å². The topological polar surface area (TPSA) is 38.9 Å². The monoisotopic (exact) mass is 200 g/mol. The van der Waals surface area contributed by atoms with Crippen molar-refractivity contribution in [1.29, 1.82) is 0 Å². The van der Waals surface area contributed by atoms with Crippen LogP contribution in [-0.4, -0.2) is 4.98 Å². The van der Waals surface area contributed by atoms with E-state index in [4.69, 9.17) is 5.73 Å². The first-order chi connectivity index (χ1) is 7.13. The van der Waals surface area contributed by atoms with Crippen LogP contribution in [-0.2, 0) is 5.54 Å². The van der Waals surface area contributed by atoms with Crippen molar-refractivity contribution in [2.45, 2.75) is 25.8 Å². The zero-order valence-corrected chi connectivity index (χ0v) is 9.20. The second-order valence-corrected chi connectivity index (χ2v) is 4.18. The van der Waals surface area contributed by atoms with Crippen LogP contribution in [0.15, 0.2) is 36.5 Å². The molecule has 0 spiro atoms. The quantitative estimate of drug-likeness (QED) is 0.809. The van der Waals surface area contributed by atoms with E-state index in [1.807, 2.05) is 12.3 Å². The lowest BCUT2D eigenvalue weighted by molar-refractivity contribution is 0.477. The van der Waals surface area contributed by atoms with Crippen molar-refractivity contribution in [1.82, 2.24) is 4.98 Å². The molecule has 0 radical (unpaired) electrons. The number of hydrogen-bond donors (Lipinski definition) is 1. The number of pyridine rings is 1. The number of aromatic nitrogens is 1. The normalized spacial score (nSPS) is 15.1. The minimum absolute atomic E-state index is 0.258. The number of nitrogens with zero attached hydrogens (tertiary/aromatic N) is 1. The Morgan fingerprint density at radius 2 is 2.13 bits per heavy atom. The van der Waals surface area contributed by atoms with Gasteiger partial charge in [-0.25, -0.2) is 0 Å². The van der Waals surface area contributed by atoms with Crippen LogP contribution in [0, 0.1) is 0 Å². The number of hydrogen-bond acceptors (Lipinski definition) is 2. The Bertz CT molecular complexity index is 475. The second kappa shape index (κ2) is 3.63. The van der Waals surface area contributed by atoms with E-state index in [0.29, 0.717) is 0 Å². The van der Waals surface area contributed by atoms with E-state index in [9.17, 15) is 0 Å². The van der Waals surface area contributed by atoms with E-state index < -0.39 is 0 Å². The van der Waals surface area contributed by atoms with E-state index >= 15 is 0 Å². The van der Waals surface area contributed by atoms with Crippen molar-refractivity contribution in [3.8, 4) is 0 Å². The summed E-state index contributed by atoms with van der Waals surface area (Å²) in [6.07, 6.45) is 2.73. The molecular formula is C13H16N2. The van der Waals surface area contributed by atoms with Crippen molar-refractivity contribution in [2.75, 3.05) is 0 Å². The highest BCUT2D eigenvalue weighted by molar-refractivity contribution is 5.79. The molecule has 2 aromatic rings. The lowest BCUT2D eigenvalue weighted by Gasteiger charge is -2.23. The zero-order chi connectivity index (χ0) is 10.9. The molecule has 0 aliphatic heterocycles. The van der Waals surface area contributed by atoms with Gasteiger partial charge in [0.05, 0.1) is 5.52 Å². The lowest BCUT2D eigenvalue weighted by Crippen LogP contribution is -2.31. The van der Waals surface area contributed by atoms with Crippen LogP contribution in [0.25, 0.3) is 10.9 Å². The maximum Gasteiger partial charge on any atom is 0.0705 e. The highest BCUT2D eigenvalue weighted by Crippen LogP contribution is 2.24. The minimum atomic E-state index is -0.258. The largest absolute Gasteiger partial charge is 0.322 e. The highest BCUT2D eigenvalue weighted by Gasteiger charge is 2.18. The standard InChI is InChI=1S/C13H16N2/c1-3-13(2,14)11-7-6-10-5-4-8-15-12(10)9-11/h4-9H,3,14H2,1-2H3. The Morgan fingerprint density at radius 1 is 1.33 bits per heavy atom. The van der Waals surface area contributed by atoms with Gasteiger partial charge in [0.25, 0.3) is 0 Å². The van der Waals surface area contributed by atoms with Gasteiger partial charge in [-0.15, -0.1) is 0 Å². The molecule has 0 aliphatic carbocycles. The molecule has 0 saturated carbocycles. The summed E-state index contributed by atoms with van der Waals surface area (Å²) in [5, 5.41) is 1.16. The molecule has 1 atom stereocenters. The van der Waals surface area contributed by atoms with Crippen molar-refractivity contribution in [3.63, 3.8) is 0 Å². The molecule has 2 heteroatoms. The first-order valence-electron chi connectivity index (χ1n) is 5.27. The van der Waals surface area contributed by atoms with Crippen molar-refractivity contribution in [3.05, 3.63) is 42.1 Å². The Balaban J connectivity index is 2.56. The Labute approximate surface area is 90.1 Å². The number of nitrogens with two attached hydrogens (primary N) is 1. The van der Waals surface area contributed by atoms with Crippen molar-refractivity contribution in [2.24, 2.45) is 5.73 Å². The molecule has 0 aliphatic rings. The van der Waals surface area contributed by atoms with Crippen LogP contribution in [0.3, 0.4) is 0 Å². The third-order valence-corrected chi connectivity index (χ3v) is 3.00. The minimum Gasteiger partial charge on any atom is -0.322 e. The fraction of sp³-hybridized carbons (Fsp3) is 0.308. The van der Waals surface area contributed by atoms with Crippen LogP contribution in [0.5, 0.6) is 0 Å². The van der Waals surface area contributed by atoms with Crippen LogP contribution in [0.4, 0.5) is 0 Å². The van der Waals surface area contributed by atoms with Crippen LogP contribution in [0.1, 0.15) is 25.8 Å². The maximum atomic E-state index is 6.20. The molecule has 1 unspecified atom stereocenters. The van der Waals surface area contributed by atoms with Gasteiger partial charge in [-0.05, 0) is 31.0 Å². The van der Waals surface area contributed by atoms with Gasteiger partial charge in [0.1, 0.15) is 0 Å². The molecule has 1 aromatic heterocycles. The fourth-order valence-electron chi connectivity index (χ4n) is 1.63. The fourth-order valence-corrected chi connectivity index (χ4v) is 1.63. The molecule has 15 heavy (non-hydrogen) atoms. The van der Waals surface area contributed by atoms with E-state index in [2.05, 4.69) is 43.1 Å². The van der Waals surface area contributed by atoms with Crippen molar-refractivity contribution < 1.29 is 0 Å². The van der Waals surface area contributed by atoms with Gasteiger partial charge in [-0.3, -0.25) is 4.98 Å². The summed E-state index contributed by atoms with van der Waals surface area (Å²) < 4.78 is 0. The molecule has 0 bridgehead atoms. The molecular weight excluding hydrogens is 184 g/mol. The predicted molar refractivity (Wildman–Crippen MR) is 63.6 cm³/mol. The summed E-state index contributed by atoms with van der Waals surface area (Å²) in [5.74, 6) is 0. The third kappa shape index (κ3) is 1.85. The molecule has 1 heterocycles. The molecule has 0 saturated heterocycles. The molecule has 2 N–H and O–H groups in total. The van der Waals surface area contributed by atoms with E-state index in [1.54, 1.807) is 0 Å². The Morgan fingerprint density at radius 3 is 2.87 bits per heavy atom. The summed E-state index contributed by atoms with van der Waals surface area (Å²) in [6, 6.07) is 10.3. The van der Waals surface area contributed by atoms with Crippen LogP contribution in [0.2, 0.25) is 0 Å². The molecule has 0 amide bonds. The highest BCUT2D eigenvalue weighted by atomic mass is 14.7. The second-order valence-electron chi connectivity index (χ2n) is 4.18. The van der Waals surface area contributed by atoms with Crippen LogP contribution >= 0.6 is 0 Å². The summed E-state index contributed by atoms with van der Waals surface area (Å²) in [7, 11) is 0. The summed E-state index contributed by atoms with van der Waals surface area (Å²) >= 11 is 0. The van der Waals surface area contributed by atoms with Gasteiger partial charge in [0.15, 0.2) is 0 Å². The average molecular weight is 200 g/mol. The van der Waals surface area contributed by atoms with Crippen LogP contribution < -0.4 is 5.73 Å². The SMILES string of the molecule is CCC(C)(N)c1ccc2cccnc2c1. The molecule has 0 fully saturated rings. The first kappa shape index (κ1) is 10.1. The summed E-state index contributed by atoms with van der Waals surface area (Å²) in [5.41, 5.74) is 8.11. The molecule has 1 aromatic carbocycles. The zero-order valence-electron chi connectivity index (χ0n) is 9.20. The Hall–Kier alpha value is -1.41. The summed E-state index contributed by atoms with van der Waals surface area (Å²) in [4.78, 5) is 4.33. The van der Waals surface area contributed by atoms with Gasteiger partial charge >= 0.3 is 0 Å². The third-order valence-electron chi connectivity index (χ3n) is 3.00. The van der Waals surface area contributed by atoms with E-state index in [-0.39, 0.29) is 5.54 Å². The van der Waals surface area contributed by atoms with Gasteiger partial charge < -0.3 is 5.73 Å². The van der Waals surface area contributed by atoms with E-state index in [1.165, 1.54) is 0 Å².